The zero-order chi connectivity index (χ0) is 11.5. The number of nitrogens with zero attached hydrogens (tertiary/aromatic N) is 1. The van der Waals surface area contributed by atoms with Gasteiger partial charge in [0.05, 0.1) is 11.9 Å². The van der Waals surface area contributed by atoms with Crippen molar-refractivity contribution in [1.82, 2.24) is 4.98 Å². The van der Waals surface area contributed by atoms with E-state index < -0.39 is 24.0 Å². The van der Waals surface area contributed by atoms with Crippen LogP contribution >= 0.6 is 0 Å². The van der Waals surface area contributed by atoms with E-state index >= 15 is 0 Å². The van der Waals surface area contributed by atoms with Crippen LogP contribution in [0.15, 0.2) is 24.5 Å². The Balaban J connectivity index is 0. The van der Waals surface area contributed by atoms with Crippen molar-refractivity contribution in [2.75, 3.05) is 0 Å². The zero-order valence-electron chi connectivity index (χ0n) is 9.54. The molecule has 0 aliphatic rings. The summed E-state index contributed by atoms with van der Waals surface area (Å²) in [6, 6.07) is 2.92. The third-order valence-corrected chi connectivity index (χ3v) is 1.86. The SMILES string of the molecule is O=C([O-])C(O)(Cc1cccnc1)C(=O)[O-].[Li+].[Li+]. The fourth-order valence-corrected chi connectivity index (χ4v) is 1.03. The van der Waals surface area contributed by atoms with E-state index in [0.29, 0.717) is 0 Å². The molecule has 17 heavy (non-hydrogen) atoms. The van der Waals surface area contributed by atoms with Crippen LogP contribution in [0.1, 0.15) is 5.56 Å². The van der Waals surface area contributed by atoms with Crippen molar-refractivity contribution in [1.29, 1.82) is 0 Å². The number of carbonyl (C=O) groups excluding carboxylic acids is 2. The van der Waals surface area contributed by atoms with Gasteiger partial charge in [-0.15, -0.1) is 0 Å². The summed E-state index contributed by atoms with van der Waals surface area (Å²) in [6.07, 6.45) is 2.03. The summed E-state index contributed by atoms with van der Waals surface area (Å²) < 4.78 is 0. The minimum Gasteiger partial charge on any atom is -0.547 e. The molecule has 80 valence electrons. The van der Waals surface area contributed by atoms with Gasteiger partial charge >= 0.3 is 37.7 Å². The number of aliphatic hydroxyl groups is 1. The van der Waals surface area contributed by atoms with Crippen molar-refractivity contribution in [3.05, 3.63) is 30.1 Å². The molecule has 0 aromatic carbocycles. The number of rotatable bonds is 4. The van der Waals surface area contributed by atoms with E-state index in [2.05, 4.69) is 4.98 Å². The van der Waals surface area contributed by atoms with Crippen LogP contribution in [0.5, 0.6) is 0 Å². The quantitative estimate of drug-likeness (QED) is 0.400. The predicted octanol–water partition coefficient (Wildman–Crippen LogP) is -9.14. The molecular formula is C9H7Li2NO5. The molecule has 1 N–H and O–H groups in total. The van der Waals surface area contributed by atoms with Gasteiger partial charge in [-0.1, -0.05) is 6.07 Å². The van der Waals surface area contributed by atoms with Crippen LogP contribution < -0.4 is 47.9 Å². The van der Waals surface area contributed by atoms with Gasteiger partial charge in [0.1, 0.15) is 5.60 Å². The first-order valence-corrected chi connectivity index (χ1v) is 4.01. The van der Waals surface area contributed by atoms with Gasteiger partial charge in [-0.3, -0.25) is 4.98 Å². The van der Waals surface area contributed by atoms with Gasteiger partial charge in [0.2, 0.25) is 0 Å². The van der Waals surface area contributed by atoms with Crippen LogP contribution in [0.2, 0.25) is 0 Å². The molecule has 0 radical (unpaired) electrons. The summed E-state index contributed by atoms with van der Waals surface area (Å²) in [7, 11) is 0. The van der Waals surface area contributed by atoms with Gasteiger partial charge < -0.3 is 24.9 Å². The summed E-state index contributed by atoms with van der Waals surface area (Å²) in [5.74, 6) is -4.21. The van der Waals surface area contributed by atoms with Crippen molar-refractivity contribution in [2.45, 2.75) is 12.0 Å². The Morgan fingerprint density at radius 3 is 2.18 bits per heavy atom. The van der Waals surface area contributed by atoms with Crippen molar-refractivity contribution < 1.29 is 62.6 Å². The summed E-state index contributed by atoms with van der Waals surface area (Å²) in [5, 5.41) is 30.2. The Morgan fingerprint density at radius 1 is 1.29 bits per heavy atom. The van der Waals surface area contributed by atoms with Crippen LogP contribution in [0.4, 0.5) is 0 Å². The van der Waals surface area contributed by atoms with Crippen molar-refractivity contribution in [3.8, 4) is 0 Å². The van der Waals surface area contributed by atoms with E-state index in [-0.39, 0.29) is 43.3 Å². The van der Waals surface area contributed by atoms with Crippen LogP contribution in [0.25, 0.3) is 0 Å². The van der Waals surface area contributed by atoms with Gasteiger partial charge in [-0.05, 0) is 11.6 Å². The fraction of sp³-hybridized carbons (Fsp3) is 0.222. The van der Waals surface area contributed by atoms with E-state index in [9.17, 15) is 24.9 Å². The minimum absolute atomic E-state index is 0. The monoisotopic (exact) mass is 223 g/mol. The minimum atomic E-state index is -3.02. The standard InChI is InChI=1S/C9H9NO5.2Li/c11-7(12)9(15,8(13)14)4-6-2-1-3-10-5-6;;/h1-3,5,15H,4H2,(H,11,12)(H,13,14);;/q;2*+1/p-2. The predicted molar refractivity (Wildman–Crippen MR) is 42.9 cm³/mol. The van der Waals surface area contributed by atoms with Crippen LogP contribution in [-0.4, -0.2) is 27.6 Å². The molecule has 0 aliphatic carbocycles. The molecule has 6 nitrogen and oxygen atoms in total. The molecule has 0 saturated carbocycles. The van der Waals surface area contributed by atoms with Crippen LogP contribution in [0, 0.1) is 0 Å². The Morgan fingerprint density at radius 2 is 1.82 bits per heavy atom. The van der Waals surface area contributed by atoms with E-state index in [1.165, 1.54) is 24.5 Å². The second-order valence-corrected chi connectivity index (χ2v) is 2.97. The molecule has 0 aliphatic heterocycles. The molecule has 0 amide bonds. The Kier molecular flexibility index (Phi) is 8.26. The average molecular weight is 223 g/mol. The smallest absolute Gasteiger partial charge is 0.547 e. The topological polar surface area (TPSA) is 113 Å². The molecule has 0 bridgehead atoms. The second-order valence-electron chi connectivity index (χ2n) is 2.97. The maximum atomic E-state index is 10.5. The maximum Gasteiger partial charge on any atom is 1.00 e. The first-order valence-electron chi connectivity index (χ1n) is 4.01. The van der Waals surface area contributed by atoms with E-state index in [1.54, 1.807) is 0 Å². The Hall–Kier alpha value is -0.755. The maximum absolute atomic E-state index is 10.5. The molecule has 0 atom stereocenters. The number of carboxylic acids is 2. The summed E-state index contributed by atoms with van der Waals surface area (Å²) >= 11 is 0. The number of carboxylic acid groups (broad SMARTS) is 2. The van der Waals surface area contributed by atoms with Gasteiger partial charge in [-0.25, -0.2) is 0 Å². The summed E-state index contributed by atoms with van der Waals surface area (Å²) in [5.41, 5.74) is -2.77. The normalized spacial score (nSPS) is 9.71. The molecular weight excluding hydrogens is 216 g/mol. The molecule has 1 aromatic heterocycles. The van der Waals surface area contributed by atoms with Crippen molar-refractivity contribution >= 4 is 11.9 Å². The third kappa shape index (κ3) is 4.55. The Bertz CT molecular complexity index is 370. The molecule has 0 unspecified atom stereocenters. The number of hydrogen-bond donors (Lipinski definition) is 1. The van der Waals surface area contributed by atoms with E-state index in [1.807, 2.05) is 0 Å². The number of aromatic nitrogens is 1. The van der Waals surface area contributed by atoms with E-state index in [0.717, 1.165) is 0 Å². The average Bonchev–Trinajstić information content (AvgIpc) is 2.18. The first kappa shape index (κ1) is 18.6. The number of carbonyl (C=O) groups is 2. The van der Waals surface area contributed by atoms with Crippen LogP contribution in [-0.2, 0) is 16.0 Å². The van der Waals surface area contributed by atoms with Gasteiger partial charge in [0, 0.05) is 18.8 Å². The van der Waals surface area contributed by atoms with Crippen LogP contribution in [0.3, 0.4) is 0 Å². The summed E-state index contributed by atoms with van der Waals surface area (Å²) in [6.45, 7) is 0. The molecule has 0 spiro atoms. The number of hydrogen-bond acceptors (Lipinski definition) is 6. The molecule has 0 fully saturated rings. The zero-order valence-corrected chi connectivity index (χ0v) is 9.54. The molecule has 8 heteroatoms. The van der Waals surface area contributed by atoms with Gasteiger partial charge in [-0.2, -0.15) is 0 Å². The third-order valence-electron chi connectivity index (χ3n) is 1.86. The van der Waals surface area contributed by atoms with Crippen molar-refractivity contribution in [2.24, 2.45) is 0 Å². The fourth-order valence-electron chi connectivity index (χ4n) is 1.03. The number of aliphatic carboxylic acids is 2. The van der Waals surface area contributed by atoms with Crippen molar-refractivity contribution in [3.63, 3.8) is 0 Å². The summed E-state index contributed by atoms with van der Waals surface area (Å²) in [4.78, 5) is 24.6. The second kappa shape index (κ2) is 7.55. The number of pyridine rings is 1. The molecule has 1 aromatic rings. The van der Waals surface area contributed by atoms with Gasteiger partial charge in [0.25, 0.3) is 0 Å². The molecule has 1 heterocycles. The van der Waals surface area contributed by atoms with E-state index in [4.69, 9.17) is 0 Å². The molecule has 0 saturated heterocycles. The van der Waals surface area contributed by atoms with Gasteiger partial charge in [0.15, 0.2) is 0 Å². The largest absolute Gasteiger partial charge is 1.00 e. The molecule has 1 rings (SSSR count). The first-order chi connectivity index (χ1) is 6.97. The Labute approximate surface area is 121 Å².